The second-order valence-corrected chi connectivity index (χ2v) is 22.4. The van der Waals surface area contributed by atoms with Gasteiger partial charge < -0.3 is 146 Å². The van der Waals surface area contributed by atoms with Crippen molar-refractivity contribution < 1.29 is 208 Å². The van der Waals surface area contributed by atoms with Gasteiger partial charge in [-0.3, -0.25) is 38.4 Å². The quantitative estimate of drug-likeness (QED) is 0.00937. The number of aldehydes is 1. The Hall–Kier alpha value is -10.4. The van der Waals surface area contributed by atoms with Gasteiger partial charge in [0, 0.05) is 0 Å². The predicted octanol–water partition coefficient (Wildman–Crippen LogP) is -6.01. The molecule has 0 saturated carbocycles. The van der Waals surface area contributed by atoms with E-state index in [0.717, 1.165) is 16.7 Å². The summed E-state index contributed by atoms with van der Waals surface area (Å²) in [4.78, 5) is 132. The van der Waals surface area contributed by atoms with E-state index in [9.17, 15) is 66.9 Å². The molecule has 0 saturated heterocycles. The maximum absolute atomic E-state index is 13.3. The van der Waals surface area contributed by atoms with Gasteiger partial charge in [-0.25, -0.2) is 19.2 Å². The van der Waals surface area contributed by atoms with Crippen molar-refractivity contribution in [1.82, 2.24) is 0 Å². The summed E-state index contributed by atoms with van der Waals surface area (Å²) >= 11 is 0. The van der Waals surface area contributed by atoms with Crippen LogP contribution in [0, 0.1) is 20.8 Å². The number of hydrogen-bond donors (Lipinski definition) is 25. The number of phosphoric acid groups is 1. The van der Waals surface area contributed by atoms with Gasteiger partial charge in [0.15, 0.2) is 28.7 Å². The van der Waals surface area contributed by atoms with Crippen molar-refractivity contribution in [3.05, 3.63) is 114 Å². The first-order chi connectivity index (χ1) is 47.1. The van der Waals surface area contributed by atoms with Gasteiger partial charge in [0.1, 0.15) is 53.2 Å². The van der Waals surface area contributed by atoms with Crippen molar-refractivity contribution in [3.63, 3.8) is 0 Å². The number of phenolic OH excluding ortho intramolecular Hbond substituents is 2. The first kappa shape index (κ1) is 109. The van der Waals surface area contributed by atoms with Crippen LogP contribution in [0.4, 0.5) is 0 Å². The third-order valence-corrected chi connectivity index (χ3v) is 12.7. The third-order valence-electron chi connectivity index (χ3n) is 11.4. The number of aliphatic hydroxyl groups excluding tert-OH is 7. The maximum atomic E-state index is 13.3. The minimum absolute atomic E-state index is 0. The lowest BCUT2D eigenvalue weighted by atomic mass is 9.96. The van der Waals surface area contributed by atoms with Crippen LogP contribution >= 0.6 is 7.82 Å². The highest BCUT2D eigenvalue weighted by atomic mass is 31.2. The SMILES string of the molecule is CC(O)CO.Cc1ccc(OP(=O)(Oc2ccc(C)cc2)Oc2ccc(C)cc2)cc1.O=C(O)CC(O)(CC(=O)O)C(=O)O.O=C(O)CC(O)(CC(=O)O)C(=O)O.O=C(O)CC(O)(CC(=O)O)C(=O)O.O=C(O)CC(O)(CC(=O)O)C(=O)O.O=C[C@H](O)[C@@H](O)[C@H](O)[C@H](O)CO.Oc1ccc(O)cc1.[SiH4].[SiH4].[SiH4]. The van der Waals surface area contributed by atoms with Gasteiger partial charge in [-0.2, -0.15) is 4.57 Å². The maximum Gasteiger partial charge on any atom is 0.647 e. The predicted molar refractivity (Wildman–Crippen MR) is 371 cm³/mol. The highest BCUT2D eigenvalue weighted by Crippen LogP contribution is 2.50. The van der Waals surface area contributed by atoms with Gasteiger partial charge in [-0.05, 0) is 121 Å². The molecule has 4 rings (SSSR count). The topological polar surface area (TPSA) is 772 Å². The number of carbonyl (C=O) groups is 13. The largest absolute Gasteiger partial charge is 0.647 e. The lowest BCUT2D eigenvalue weighted by Gasteiger charge is -2.22. The molecule has 0 aliphatic rings. The summed E-state index contributed by atoms with van der Waals surface area (Å²) in [7, 11) is -3.93. The summed E-state index contributed by atoms with van der Waals surface area (Å²) in [6.45, 7) is 6.53. The normalized spacial score (nSPS) is 11.8. The molecule has 5 atom stereocenters. The fourth-order valence-corrected chi connectivity index (χ4v) is 7.42. The van der Waals surface area contributed by atoms with Crippen molar-refractivity contribution in [2.24, 2.45) is 0 Å². The molecule has 1 unspecified atom stereocenters. The minimum Gasteiger partial charge on any atom is -0.508 e. The number of rotatable bonds is 32. The van der Waals surface area contributed by atoms with E-state index in [-0.39, 0.29) is 57.3 Å². The lowest BCUT2D eigenvalue weighted by molar-refractivity contribution is -0.170. The fourth-order valence-electron chi connectivity index (χ4n) is 6.17. The Kier molecular flexibility index (Phi) is 54.9. The summed E-state index contributed by atoms with van der Waals surface area (Å²) < 4.78 is 30.2. The molecule has 0 aliphatic carbocycles. The zero-order valence-corrected chi connectivity index (χ0v) is 55.2. The number of aryl methyl sites for hydroxylation is 3. The fraction of sp³-hybridized carbons (Fsp3) is 0.383. The second kappa shape index (κ2) is 53.4. The first-order valence-corrected chi connectivity index (χ1v) is 29.6. The monoisotopic (exact) mass is 1600 g/mol. The number of carboxylic acid groups (broad SMARTS) is 12. The molecule has 42 nitrogen and oxygen atoms in total. The molecule has 0 aliphatic heterocycles. The summed E-state index contributed by atoms with van der Waals surface area (Å²) in [6, 6.07) is 27.3. The molecule has 0 spiro atoms. The van der Waals surface area contributed by atoms with Crippen molar-refractivity contribution >= 4 is 119 Å². The number of aliphatic carboxylic acids is 12. The van der Waals surface area contributed by atoms with Gasteiger partial charge in [-0.1, -0.05) is 53.1 Å². The highest BCUT2D eigenvalue weighted by molar-refractivity contribution is 7.49. The average molecular weight is 1600 g/mol. The molecular formula is C60H91O42PSi3. The smallest absolute Gasteiger partial charge is 0.508 e. The molecule has 0 fully saturated rings. The van der Waals surface area contributed by atoms with Crippen molar-refractivity contribution in [1.29, 1.82) is 0 Å². The summed E-state index contributed by atoms with van der Waals surface area (Å²) in [5.41, 5.74) is -7.73. The number of hydrogen-bond acceptors (Lipinski definition) is 30. The second-order valence-electron chi connectivity index (χ2n) is 21.0. The van der Waals surface area contributed by atoms with E-state index in [1.54, 1.807) is 36.4 Å². The van der Waals surface area contributed by atoms with Crippen LogP contribution in [-0.4, -0.2) is 305 Å². The first-order valence-electron chi connectivity index (χ1n) is 28.1. The molecule has 4 aromatic carbocycles. The van der Waals surface area contributed by atoms with Crippen LogP contribution < -0.4 is 13.6 Å². The van der Waals surface area contributed by atoms with Crippen molar-refractivity contribution in [3.8, 4) is 28.7 Å². The zero-order valence-electron chi connectivity index (χ0n) is 54.3. The summed E-state index contributed by atoms with van der Waals surface area (Å²) in [5.74, 6) is -18.5. The van der Waals surface area contributed by atoms with Crippen LogP contribution in [0.1, 0.15) is 75.0 Å². The molecule has 600 valence electrons. The molecule has 0 bridgehead atoms. The number of phosphoric ester groups is 1. The van der Waals surface area contributed by atoms with Gasteiger partial charge in [0.05, 0.1) is 70.7 Å². The van der Waals surface area contributed by atoms with Crippen LogP contribution in [0.15, 0.2) is 97.1 Å². The van der Waals surface area contributed by atoms with Gasteiger partial charge in [0.2, 0.25) is 0 Å². The van der Waals surface area contributed by atoms with Crippen LogP contribution in [0.3, 0.4) is 0 Å². The molecule has 25 N–H and O–H groups in total. The Balaban J connectivity index is -0.000000219. The minimum atomic E-state index is -3.93. The highest BCUT2D eigenvalue weighted by Gasteiger charge is 2.44. The summed E-state index contributed by atoms with van der Waals surface area (Å²) in [6.07, 6.45) is -16.6. The van der Waals surface area contributed by atoms with Crippen LogP contribution in [0.25, 0.3) is 0 Å². The molecule has 0 radical (unpaired) electrons. The Morgan fingerprint density at radius 3 is 0.679 bits per heavy atom. The molecule has 0 aromatic heterocycles. The van der Waals surface area contributed by atoms with E-state index in [1.807, 2.05) is 57.2 Å². The Morgan fingerprint density at radius 1 is 0.368 bits per heavy atom. The molecule has 106 heavy (non-hydrogen) atoms. The molecule has 0 heterocycles. The number of benzene rings is 4. The van der Waals surface area contributed by atoms with E-state index in [4.69, 9.17) is 141 Å². The number of carboxylic acids is 12. The number of aromatic hydroxyl groups is 2. The third kappa shape index (κ3) is 50.1. The van der Waals surface area contributed by atoms with E-state index >= 15 is 0 Å². The van der Waals surface area contributed by atoms with Gasteiger partial charge in [0.25, 0.3) is 0 Å². The lowest BCUT2D eigenvalue weighted by Crippen LogP contribution is -2.46. The molecule has 0 amide bonds. The zero-order chi connectivity index (χ0) is 81.1. The summed E-state index contributed by atoms with van der Waals surface area (Å²) in [5, 5.41) is 212. The Bertz CT molecular complexity index is 3010. The van der Waals surface area contributed by atoms with Gasteiger partial charge >= 0.3 is 79.5 Å². The van der Waals surface area contributed by atoms with Crippen molar-refractivity contribution in [2.75, 3.05) is 13.2 Å². The standard InChI is InChI=1S/C21H21O4P.4C6H8O7.C6H12O6.C6H6O2.C3H8O2.3H4Si/c1-16-4-10-19(11-5-16)23-26(22,24-20-12-6-17(2)7-13-20)25-21-14-8-18(3)9-15-21;4*7-3(8)1-6(13,5(11)12)2-4(9)10;7-1-3(9)5(11)6(12)4(10)2-8;7-5-1-2-6(8)4-3-5;1-3(5)2-4;;;/h4-15H,1-3H3;4*13H,1-2H2,(H,7,8)(H,9,10)(H,11,12);1,3-6,8-12H,2H2;1-4,7-8H;3-5H,2H2,1H3;3*1H4/t;;;;;3-,4+,5+,6+;;;;;/m.....0...../s1. The van der Waals surface area contributed by atoms with E-state index in [1.165, 1.54) is 31.2 Å². The van der Waals surface area contributed by atoms with E-state index < -0.39 is 190 Å². The Morgan fingerprint density at radius 2 is 0.547 bits per heavy atom. The Labute approximate surface area is 612 Å². The van der Waals surface area contributed by atoms with Crippen LogP contribution in [0.5, 0.6) is 28.7 Å². The van der Waals surface area contributed by atoms with Crippen LogP contribution in [-0.2, 0) is 66.9 Å². The number of carbonyl (C=O) groups excluding carboxylic acids is 1. The van der Waals surface area contributed by atoms with E-state index in [0.29, 0.717) is 17.2 Å². The van der Waals surface area contributed by atoms with Gasteiger partial charge in [-0.15, -0.1) is 0 Å². The molecule has 46 heteroatoms. The molecule has 4 aromatic rings. The number of aliphatic hydroxyl groups is 11. The number of phenols is 2. The molecular weight excluding hydrogens is 1510 g/mol. The van der Waals surface area contributed by atoms with Crippen LogP contribution in [0.2, 0.25) is 0 Å². The van der Waals surface area contributed by atoms with Crippen molar-refractivity contribution in [2.45, 2.75) is 132 Å². The average Bonchev–Trinajstić information content (AvgIpc) is 0.836. The van der Waals surface area contributed by atoms with E-state index in [2.05, 4.69) is 0 Å².